The van der Waals surface area contributed by atoms with E-state index >= 15 is 8.78 Å². The number of hydrogen-bond acceptors (Lipinski definition) is 16. The molecule has 0 bridgehead atoms. The number of alkyl halides is 2. The molecular weight excluding hydrogens is 1200 g/mol. The van der Waals surface area contributed by atoms with E-state index in [4.69, 9.17) is 9.31 Å². The van der Waals surface area contributed by atoms with Gasteiger partial charge in [-0.3, -0.25) is 4.98 Å². The van der Waals surface area contributed by atoms with Gasteiger partial charge in [-0.15, -0.1) is 5.10 Å². The van der Waals surface area contributed by atoms with Crippen molar-refractivity contribution in [3.63, 3.8) is 0 Å². The summed E-state index contributed by atoms with van der Waals surface area (Å²) in [4.78, 5) is 38.5. The molecule has 27 heteroatoms. The molecule has 0 saturated carbocycles. The fraction of sp³-hybridized carbons (Fsp3) is 0.375. The van der Waals surface area contributed by atoms with E-state index in [2.05, 4.69) is 114 Å². The summed E-state index contributed by atoms with van der Waals surface area (Å²) >= 11 is 2.03. The molecule has 5 aromatic carbocycles. The summed E-state index contributed by atoms with van der Waals surface area (Å²) in [5, 5.41) is 30.2. The van der Waals surface area contributed by atoms with Gasteiger partial charge in [-0.05, 0) is 168 Å². The largest absolute Gasteiger partial charge is 0.494 e. The van der Waals surface area contributed by atoms with Gasteiger partial charge in [0, 0.05) is 112 Å². The van der Waals surface area contributed by atoms with E-state index in [-0.39, 0.29) is 49.2 Å². The van der Waals surface area contributed by atoms with Crippen LogP contribution in [0.4, 0.5) is 44.2 Å². The summed E-state index contributed by atoms with van der Waals surface area (Å²) in [6, 6.07) is 36.7. The molecule has 12 rings (SSSR count). The predicted molar refractivity (Wildman–Crippen MR) is 346 cm³/mol. The molecule has 480 valence electrons. The van der Waals surface area contributed by atoms with Crippen molar-refractivity contribution in [2.75, 3.05) is 72.0 Å². The topological polar surface area (TPSA) is 188 Å². The lowest BCUT2D eigenvalue weighted by Crippen LogP contribution is -2.48. The van der Waals surface area contributed by atoms with Crippen LogP contribution in [-0.4, -0.2) is 130 Å². The van der Waals surface area contributed by atoms with Crippen LogP contribution < -0.4 is 36.4 Å². The average Bonchev–Trinajstić information content (AvgIpc) is 1.32. The van der Waals surface area contributed by atoms with Crippen molar-refractivity contribution in [1.82, 2.24) is 53.9 Å². The van der Waals surface area contributed by atoms with Crippen molar-refractivity contribution >= 4 is 48.3 Å². The third-order valence-corrected chi connectivity index (χ3v) is 17.0. The van der Waals surface area contributed by atoms with Crippen LogP contribution in [0.25, 0.3) is 22.5 Å². The van der Waals surface area contributed by atoms with Crippen LogP contribution in [0.3, 0.4) is 0 Å². The van der Waals surface area contributed by atoms with Crippen molar-refractivity contribution in [3.05, 3.63) is 196 Å². The summed E-state index contributed by atoms with van der Waals surface area (Å²) in [5.74, 6) is -6.49. The number of pyridine rings is 1. The summed E-state index contributed by atoms with van der Waals surface area (Å²) in [7, 11) is -0.334. The first-order valence-corrected chi connectivity index (χ1v) is 29.8. The third-order valence-electron chi connectivity index (χ3n) is 17.0. The molecule has 4 aromatic heterocycles. The first-order valence-electron chi connectivity index (χ1n) is 29.5. The van der Waals surface area contributed by atoms with Gasteiger partial charge in [0.25, 0.3) is 0 Å². The lowest BCUT2D eigenvalue weighted by molar-refractivity contribution is -0.207. The molecule has 0 amide bonds. The molecule has 20 nitrogen and oxygen atoms in total. The van der Waals surface area contributed by atoms with Gasteiger partial charge < -0.3 is 34.0 Å². The second-order valence-corrected chi connectivity index (χ2v) is 23.8. The molecule has 0 spiro atoms. The predicted octanol–water partition coefficient (Wildman–Crippen LogP) is 9.63. The Morgan fingerprint density at radius 1 is 0.582 bits per heavy atom. The maximum atomic E-state index is 16.1. The van der Waals surface area contributed by atoms with Gasteiger partial charge in [-0.25, -0.2) is 41.5 Å². The van der Waals surface area contributed by atoms with Gasteiger partial charge >= 0.3 is 24.4 Å². The smallest absolute Gasteiger partial charge is 0.399 e. The van der Waals surface area contributed by atoms with Crippen LogP contribution in [0, 0.1) is 11.6 Å². The Hall–Kier alpha value is -8.66. The van der Waals surface area contributed by atoms with Gasteiger partial charge in [0.1, 0.15) is 36.3 Å². The summed E-state index contributed by atoms with van der Waals surface area (Å²) < 4.78 is 89.2. The Morgan fingerprint density at radius 2 is 0.989 bits per heavy atom. The van der Waals surface area contributed by atoms with Crippen LogP contribution in [-0.2, 0) is 27.4 Å². The van der Waals surface area contributed by atoms with Gasteiger partial charge in [-0.2, -0.15) is 22.9 Å². The van der Waals surface area contributed by atoms with Crippen LogP contribution in [0.1, 0.15) is 86.2 Å². The number of aromatic nitrogens is 11. The maximum absolute atomic E-state index is 16.1. The number of rotatable bonds is 15. The van der Waals surface area contributed by atoms with Crippen molar-refractivity contribution in [2.45, 2.75) is 104 Å². The van der Waals surface area contributed by atoms with E-state index in [1.54, 1.807) is 10.9 Å². The molecule has 3 aliphatic rings. The molecule has 1 N–H and O–H groups in total. The van der Waals surface area contributed by atoms with E-state index in [0.29, 0.717) is 11.6 Å². The van der Waals surface area contributed by atoms with E-state index in [1.165, 1.54) is 43.9 Å². The molecule has 1 atom stereocenters. The number of anilines is 4. The number of tetrazole rings is 1. The number of nitrogens with zero attached hydrogens (tertiary/aromatic N) is 15. The lowest BCUT2D eigenvalue weighted by atomic mass is 9.79. The van der Waals surface area contributed by atoms with Crippen LogP contribution in [0.2, 0.25) is 0 Å². The van der Waals surface area contributed by atoms with E-state index < -0.39 is 41.0 Å². The maximum Gasteiger partial charge on any atom is 0.494 e. The molecule has 91 heavy (non-hydrogen) atoms. The fourth-order valence-corrected chi connectivity index (χ4v) is 11.1. The minimum Gasteiger partial charge on any atom is -0.399 e. The Kier molecular flexibility index (Phi) is 20.1. The Morgan fingerprint density at radius 3 is 1.36 bits per heavy atom. The van der Waals surface area contributed by atoms with E-state index in [1.807, 2.05) is 101 Å². The highest BCUT2D eigenvalue weighted by Gasteiger charge is 2.58. The second kappa shape index (κ2) is 27.4. The third kappa shape index (κ3) is 13.8. The monoisotopic (exact) mass is 1270 g/mol. The molecular formula is C64H75BF5N15O5S. The molecule has 9 aromatic rings. The number of benzene rings is 5. The molecule has 0 aliphatic carbocycles. The standard InChI is InChI=1S/C36H34F4N10O2.C27H36BN5O3.CH4.FHS/c1-24(2)50-34(51)49(23-43-50)30-11-9-29(10-12-30)47-17-15-46(16-18-47)28-7-3-25(4-8-28)26-5-14-33(41-20-26)36(39,40)35(52,21-48-22-42-44-45-48)31-13-6-27(37)19-32(31)38;1-20(2)33-25(34)32(19-29-33)24-13-11-23(12-14-24)31-17-15-30(16-18-31)22-9-7-21(8-10-22)28-35-26(3,4)27(5,6)36-28;;1-2/h3-14,19-20,22-24,52H,15-18,21H2,1-2H3;7-14,19-20H,15-18H2,1-6H3;1H4;2H/t35-;;;/m0.../s1. The normalized spacial score (nSPS) is 16.3. The van der Waals surface area contributed by atoms with E-state index in [9.17, 15) is 27.4 Å². The zero-order chi connectivity index (χ0) is 64.3. The van der Waals surface area contributed by atoms with Crippen molar-refractivity contribution in [3.8, 4) is 22.5 Å². The first-order chi connectivity index (χ1) is 43.0. The summed E-state index contributed by atoms with van der Waals surface area (Å²) in [6.45, 7) is 22.0. The molecule has 7 heterocycles. The fourth-order valence-electron chi connectivity index (χ4n) is 11.1. The van der Waals surface area contributed by atoms with Crippen molar-refractivity contribution in [1.29, 1.82) is 0 Å². The minimum absolute atomic E-state index is 0. The lowest BCUT2D eigenvalue weighted by Gasteiger charge is -2.37. The van der Waals surface area contributed by atoms with Gasteiger partial charge in [-0.1, -0.05) is 37.8 Å². The average molecular weight is 1270 g/mol. The summed E-state index contributed by atoms with van der Waals surface area (Å²) in [6.07, 6.45) is 5.38. The Bertz CT molecular complexity index is 3950. The number of hydrogen-bond donors (Lipinski definition) is 2. The number of thiol groups is 1. The van der Waals surface area contributed by atoms with Gasteiger partial charge in [0.15, 0.2) is 5.60 Å². The van der Waals surface area contributed by atoms with E-state index in [0.717, 1.165) is 115 Å². The zero-order valence-electron chi connectivity index (χ0n) is 51.2. The van der Waals surface area contributed by atoms with Gasteiger partial charge in [0.2, 0.25) is 0 Å². The first kappa shape index (κ1) is 66.8. The van der Waals surface area contributed by atoms with Crippen LogP contribution >= 0.6 is 13.0 Å². The molecule has 3 fully saturated rings. The van der Waals surface area contributed by atoms with Crippen molar-refractivity contribution < 1.29 is 35.9 Å². The second-order valence-electron chi connectivity index (χ2n) is 23.8. The minimum atomic E-state index is -4.15. The van der Waals surface area contributed by atoms with Crippen molar-refractivity contribution in [2.24, 2.45) is 0 Å². The molecule has 0 radical (unpaired) electrons. The van der Waals surface area contributed by atoms with Crippen LogP contribution in [0.5, 0.6) is 0 Å². The molecule has 3 saturated heterocycles. The van der Waals surface area contributed by atoms with Gasteiger partial charge in [0.05, 0.1) is 41.2 Å². The summed E-state index contributed by atoms with van der Waals surface area (Å²) in [5.41, 5.74) is 2.51. The SMILES string of the molecule is C.CC(C)n1ncn(-c2ccc(N3CCN(c4ccc(-c5ccc(C(F)(F)[C@](O)(Cn6cnnn6)c6ccc(F)cc6F)nc5)cc4)CC3)cc2)c1=O.CC(C)n1ncn(-c2ccc(N3CCN(c4ccc(B5OC(C)(C)C(C)(C)O5)cc4)CC3)cc2)c1=O.FS. The number of piperazine rings is 2. The quantitative estimate of drug-likeness (QED) is 0.0561. The molecule has 0 unspecified atom stereocenters. The Labute approximate surface area is 530 Å². The zero-order valence-corrected chi connectivity index (χ0v) is 52.0. The Balaban J connectivity index is 0.000000220. The molecule has 3 aliphatic heterocycles. The number of aliphatic hydroxyl groups is 1. The van der Waals surface area contributed by atoms with Crippen LogP contribution in [0.15, 0.2) is 162 Å². The highest BCUT2D eigenvalue weighted by molar-refractivity contribution is 7.74. The highest BCUT2D eigenvalue weighted by Crippen LogP contribution is 2.47. The highest BCUT2D eigenvalue weighted by atomic mass is 32.1. The number of halogens is 5.